The molecular weight excluding hydrogens is 266 g/mol. The second-order valence-electron chi connectivity index (χ2n) is 7.85. The zero-order valence-electron chi connectivity index (χ0n) is 13.5. The largest absolute Gasteiger partial charge is 0.481 e. The van der Waals surface area contributed by atoms with Gasteiger partial charge in [0.2, 0.25) is 5.91 Å². The summed E-state index contributed by atoms with van der Waals surface area (Å²) in [7, 11) is 0. The fourth-order valence-corrected chi connectivity index (χ4v) is 4.20. The van der Waals surface area contributed by atoms with Crippen LogP contribution in [0.25, 0.3) is 0 Å². The van der Waals surface area contributed by atoms with E-state index in [2.05, 4.69) is 26.1 Å². The van der Waals surface area contributed by atoms with E-state index in [4.69, 9.17) is 0 Å². The number of carboxylic acids is 1. The van der Waals surface area contributed by atoms with E-state index < -0.39 is 11.9 Å². The van der Waals surface area contributed by atoms with Crippen molar-refractivity contribution in [2.24, 2.45) is 23.2 Å². The Balaban J connectivity index is 2.02. The van der Waals surface area contributed by atoms with Crippen molar-refractivity contribution in [2.45, 2.75) is 71.8 Å². The van der Waals surface area contributed by atoms with Crippen LogP contribution in [0.2, 0.25) is 0 Å². The summed E-state index contributed by atoms with van der Waals surface area (Å²) >= 11 is 0. The maximum atomic E-state index is 12.5. The predicted octanol–water partition coefficient (Wildman–Crippen LogP) is 3.21. The Morgan fingerprint density at radius 1 is 0.952 bits per heavy atom. The van der Waals surface area contributed by atoms with Crippen molar-refractivity contribution in [3.8, 4) is 0 Å². The number of carbonyl (C=O) groups is 2. The van der Waals surface area contributed by atoms with Gasteiger partial charge >= 0.3 is 5.97 Å². The van der Waals surface area contributed by atoms with Crippen LogP contribution < -0.4 is 5.32 Å². The van der Waals surface area contributed by atoms with Crippen molar-refractivity contribution in [2.75, 3.05) is 0 Å². The first-order chi connectivity index (χ1) is 9.80. The molecule has 2 fully saturated rings. The van der Waals surface area contributed by atoms with Crippen molar-refractivity contribution >= 4 is 11.9 Å². The van der Waals surface area contributed by atoms with E-state index in [1.807, 2.05) is 0 Å². The van der Waals surface area contributed by atoms with Gasteiger partial charge in [0.1, 0.15) is 0 Å². The van der Waals surface area contributed by atoms with Crippen LogP contribution >= 0.6 is 0 Å². The zero-order chi connectivity index (χ0) is 15.6. The molecule has 1 amide bonds. The lowest BCUT2D eigenvalue weighted by molar-refractivity contribution is -0.146. The van der Waals surface area contributed by atoms with E-state index in [9.17, 15) is 14.7 Å². The lowest BCUT2D eigenvalue weighted by Gasteiger charge is -2.41. The predicted molar refractivity (Wildman–Crippen MR) is 81.8 cm³/mol. The van der Waals surface area contributed by atoms with E-state index in [0.29, 0.717) is 12.3 Å². The molecule has 2 saturated carbocycles. The van der Waals surface area contributed by atoms with Crippen molar-refractivity contribution in [3.05, 3.63) is 0 Å². The molecule has 2 aliphatic carbocycles. The van der Waals surface area contributed by atoms with Crippen molar-refractivity contribution < 1.29 is 14.7 Å². The van der Waals surface area contributed by atoms with E-state index in [0.717, 1.165) is 32.1 Å². The summed E-state index contributed by atoms with van der Waals surface area (Å²) in [6.45, 7) is 6.70. The van der Waals surface area contributed by atoms with Crippen LogP contribution in [-0.2, 0) is 9.59 Å². The lowest BCUT2D eigenvalue weighted by Crippen LogP contribution is -2.49. The van der Waals surface area contributed by atoms with Crippen LogP contribution in [0.1, 0.15) is 65.7 Å². The molecule has 2 N–H and O–H groups in total. The molecule has 4 unspecified atom stereocenters. The number of carboxylic acid groups (broad SMARTS) is 1. The smallest absolute Gasteiger partial charge is 0.307 e. The minimum atomic E-state index is -0.816. The molecule has 21 heavy (non-hydrogen) atoms. The molecule has 4 heteroatoms. The molecule has 2 aliphatic rings. The molecule has 0 bridgehead atoms. The minimum Gasteiger partial charge on any atom is -0.481 e. The monoisotopic (exact) mass is 295 g/mol. The number of hydrogen-bond acceptors (Lipinski definition) is 2. The summed E-state index contributed by atoms with van der Waals surface area (Å²) < 4.78 is 0. The fourth-order valence-electron chi connectivity index (χ4n) is 4.20. The third kappa shape index (κ3) is 3.78. The van der Waals surface area contributed by atoms with E-state index in [1.54, 1.807) is 0 Å². The van der Waals surface area contributed by atoms with Gasteiger partial charge in [-0.15, -0.1) is 0 Å². The standard InChI is InChI=1S/C17H29NO3/c1-17(2,3)13-9-4-5-10-14(13)18-15(19)11-7-6-8-12(11)16(20)21/h11-14H,4-10H2,1-3H3,(H,18,19)(H,20,21). The summed E-state index contributed by atoms with van der Waals surface area (Å²) in [5.74, 6) is -1.17. The SMILES string of the molecule is CC(C)(C)C1CCCCC1NC(=O)C1CCCC1C(=O)O. The Labute approximate surface area is 127 Å². The highest BCUT2D eigenvalue weighted by Gasteiger charge is 2.40. The van der Waals surface area contributed by atoms with Gasteiger partial charge in [-0.25, -0.2) is 0 Å². The van der Waals surface area contributed by atoms with Gasteiger partial charge in [-0.2, -0.15) is 0 Å². The first kappa shape index (κ1) is 16.3. The normalized spacial score (nSPS) is 33.7. The van der Waals surface area contributed by atoms with Crippen LogP contribution in [0.4, 0.5) is 0 Å². The van der Waals surface area contributed by atoms with Gasteiger partial charge in [-0.3, -0.25) is 9.59 Å². The van der Waals surface area contributed by atoms with Crippen LogP contribution in [-0.4, -0.2) is 23.0 Å². The highest BCUT2D eigenvalue weighted by molar-refractivity contribution is 5.85. The summed E-state index contributed by atoms with van der Waals surface area (Å²) in [4.78, 5) is 23.8. The number of carbonyl (C=O) groups excluding carboxylic acids is 1. The topological polar surface area (TPSA) is 66.4 Å². The third-order valence-corrected chi connectivity index (χ3v) is 5.38. The van der Waals surface area contributed by atoms with Crippen LogP contribution in [0.15, 0.2) is 0 Å². The molecule has 2 rings (SSSR count). The van der Waals surface area contributed by atoms with Gasteiger partial charge < -0.3 is 10.4 Å². The third-order valence-electron chi connectivity index (χ3n) is 5.38. The van der Waals surface area contributed by atoms with Crippen molar-refractivity contribution in [1.82, 2.24) is 5.32 Å². The highest BCUT2D eigenvalue weighted by atomic mass is 16.4. The van der Waals surface area contributed by atoms with Crippen LogP contribution in [0.5, 0.6) is 0 Å². The molecule has 120 valence electrons. The average molecular weight is 295 g/mol. The number of nitrogens with one attached hydrogen (secondary N) is 1. The molecule has 0 heterocycles. The quantitative estimate of drug-likeness (QED) is 0.840. The second-order valence-corrected chi connectivity index (χ2v) is 7.85. The molecule has 0 radical (unpaired) electrons. The minimum absolute atomic E-state index is 0.0268. The number of rotatable bonds is 3. The molecule has 0 saturated heterocycles. The van der Waals surface area contributed by atoms with Gasteiger partial charge in [-0.1, -0.05) is 40.0 Å². The molecule has 0 aliphatic heterocycles. The summed E-state index contributed by atoms with van der Waals surface area (Å²) in [6.07, 6.45) is 6.78. The van der Waals surface area contributed by atoms with Crippen molar-refractivity contribution in [3.63, 3.8) is 0 Å². The van der Waals surface area contributed by atoms with E-state index in [1.165, 1.54) is 6.42 Å². The number of hydrogen-bond donors (Lipinski definition) is 2. The van der Waals surface area contributed by atoms with Gasteiger partial charge in [0.25, 0.3) is 0 Å². The molecule has 0 aromatic rings. The van der Waals surface area contributed by atoms with Crippen LogP contribution in [0.3, 0.4) is 0 Å². The number of aliphatic carboxylic acids is 1. The average Bonchev–Trinajstić information content (AvgIpc) is 2.87. The Hall–Kier alpha value is -1.06. The molecular formula is C17H29NO3. The molecule has 0 aromatic heterocycles. The first-order valence-corrected chi connectivity index (χ1v) is 8.34. The molecule has 4 atom stereocenters. The Kier molecular flexibility index (Phi) is 4.95. The van der Waals surface area contributed by atoms with Gasteiger partial charge in [0.05, 0.1) is 11.8 Å². The van der Waals surface area contributed by atoms with Gasteiger partial charge in [0.15, 0.2) is 0 Å². The van der Waals surface area contributed by atoms with E-state index >= 15 is 0 Å². The van der Waals surface area contributed by atoms with Gasteiger partial charge in [-0.05, 0) is 37.0 Å². The highest BCUT2D eigenvalue weighted by Crippen LogP contribution is 2.39. The summed E-state index contributed by atoms with van der Waals surface area (Å²) in [6, 6.07) is 0.210. The Morgan fingerprint density at radius 2 is 1.57 bits per heavy atom. The number of amides is 1. The van der Waals surface area contributed by atoms with Crippen molar-refractivity contribution in [1.29, 1.82) is 0 Å². The molecule has 4 nitrogen and oxygen atoms in total. The zero-order valence-corrected chi connectivity index (χ0v) is 13.5. The van der Waals surface area contributed by atoms with Crippen LogP contribution in [0, 0.1) is 23.2 Å². The Morgan fingerprint density at radius 3 is 2.19 bits per heavy atom. The van der Waals surface area contributed by atoms with Gasteiger partial charge in [0, 0.05) is 6.04 Å². The fraction of sp³-hybridized carbons (Fsp3) is 0.882. The lowest BCUT2D eigenvalue weighted by atomic mass is 9.69. The van der Waals surface area contributed by atoms with E-state index in [-0.39, 0.29) is 23.3 Å². The summed E-state index contributed by atoms with van der Waals surface area (Å²) in [5.41, 5.74) is 0.181. The second kappa shape index (κ2) is 6.37. The Bertz CT molecular complexity index is 399. The maximum absolute atomic E-state index is 12.5. The first-order valence-electron chi connectivity index (χ1n) is 8.34. The summed E-state index contributed by atoms with van der Waals surface area (Å²) in [5, 5.41) is 12.4. The molecule has 0 aromatic carbocycles. The molecule has 0 spiro atoms. The maximum Gasteiger partial charge on any atom is 0.307 e.